The fourth-order valence-corrected chi connectivity index (χ4v) is 1.84. The lowest BCUT2D eigenvalue weighted by atomic mass is 10.2. The lowest BCUT2D eigenvalue weighted by Crippen LogP contribution is -2.37. The van der Waals surface area contributed by atoms with Gasteiger partial charge in [-0.25, -0.2) is 0 Å². The molecule has 0 bridgehead atoms. The first-order chi connectivity index (χ1) is 5.61. The van der Waals surface area contributed by atoms with Gasteiger partial charge in [-0.05, 0) is 13.3 Å². The fourth-order valence-electron chi connectivity index (χ4n) is 0.908. The first kappa shape index (κ1) is 9.32. The highest BCUT2D eigenvalue weighted by Gasteiger charge is 2.26. The minimum atomic E-state index is -0.292. The van der Waals surface area contributed by atoms with Crippen LogP contribution in [-0.2, 0) is 9.59 Å². The van der Waals surface area contributed by atoms with E-state index in [-0.39, 0.29) is 17.1 Å². The van der Waals surface area contributed by atoms with Gasteiger partial charge in [0, 0.05) is 11.3 Å². The Kier molecular flexibility index (Phi) is 2.92. The van der Waals surface area contributed by atoms with Crippen LogP contribution in [0.25, 0.3) is 0 Å². The van der Waals surface area contributed by atoms with Crippen LogP contribution >= 0.6 is 11.8 Å². The number of rotatable bonds is 2. The number of carbonyl (C=O) groups excluding carboxylic acids is 2. The molecule has 12 heavy (non-hydrogen) atoms. The Morgan fingerprint density at radius 3 is 2.83 bits per heavy atom. The van der Waals surface area contributed by atoms with E-state index in [1.165, 1.54) is 11.8 Å². The molecule has 1 aliphatic rings. The van der Waals surface area contributed by atoms with Crippen LogP contribution in [-0.4, -0.2) is 22.8 Å². The first-order valence-electron chi connectivity index (χ1n) is 3.74. The molecule has 0 aliphatic carbocycles. The zero-order valence-corrected chi connectivity index (χ0v) is 7.74. The largest absolute Gasteiger partial charge is 0.342 e. The summed E-state index contributed by atoms with van der Waals surface area (Å²) in [6, 6.07) is -0.292. The number of hydrogen-bond acceptors (Lipinski definition) is 3. The van der Waals surface area contributed by atoms with Gasteiger partial charge in [-0.2, -0.15) is 0 Å². The summed E-state index contributed by atoms with van der Waals surface area (Å²) in [6.45, 7) is 5.12. The summed E-state index contributed by atoms with van der Waals surface area (Å²) in [7, 11) is 0. The van der Waals surface area contributed by atoms with Crippen molar-refractivity contribution in [2.75, 3.05) is 5.75 Å². The van der Waals surface area contributed by atoms with Crippen molar-refractivity contribution in [2.24, 2.45) is 0 Å². The number of nitrogens with one attached hydrogen (secondary N) is 1. The molecule has 0 aromatic carbocycles. The van der Waals surface area contributed by atoms with Gasteiger partial charge >= 0.3 is 0 Å². The molecule has 66 valence electrons. The van der Waals surface area contributed by atoms with Gasteiger partial charge in [0.25, 0.3) is 0 Å². The van der Waals surface area contributed by atoms with Crippen molar-refractivity contribution in [1.82, 2.24) is 5.32 Å². The quantitative estimate of drug-likeness (QED) is 0.644. The van der Waals surface area contributed by atoms with Gasteiger partial charge < -0.3 is 5.32 Å². The summed E-state index contributed by atoms with van der Waals surface area (Å²) in [5, 5.41) is 2.68. The van der Waals surface area contributed by atoms with Crippen LogP contribution in [0.1, 0.15) is 13.3 Å². The van der Waals surface area contributed by atoms with Crippen molar-refractivity contribution >= 4 is 22.8 Å². The Labute approximate surface area is 75.6 Å². The number of thioether (sulfide) groups is 1. The zero-order chi connectivity index (χ0) is 9.14. The van der Waals surface area contributed by atoms with Crippen LogP contribution in [0, 0.1) is 0 Å². The maximum Gasteiger partial charge on any atom is 0.246 e. The third-order valence-electron chi connectivity index (χ3n) is 1.63. The van der Waals surface area contributed by atoms with Crippen molar-refractivity contribution in [2.45, 2.75) is 19.4 Å². The lowest BCUT2D eigenvalue weighted by Gasteiger charge is -2.08. The van der Waals surface area contributed by atoms with E-state index in [4.69, 9.17) is 0 Å². The summed E-state index contributed by atoms with van der Waals surface area (Å²) >= 11 is 1.28. The average Bonchev–Trinajstić information content (AvgIpc) is 2.36. The van der Waals surface area contributed by atoms with Crippen molar-refractivity contribution in [3.8, 4) is 0 Å². The molecule has 0 saturated carbocycles. The summed E-state index contributed by atoms with van der Waals surface area (Å²) < 4.78 is 0. The van der Waals surface area contributed by atoms with Gasteiger partial charge in [0.05, 0.1) is 6.04 Å². The van der Waals surface area contributed by atoms with E-state index in [2.05, 4.69) is 11.9 Å². The first-order valence-corrected chi connectivity index (χ1v) is 4.73. The number of carbonyl (C=O) groups is 2. The van der Waals surface area contributed by atoms with Crippen molar-refractivity contribution in [3.63, 3.8) is 0 Å². The summed E-state index contributed by atoms with van der Waals surface area (Å²) in [4.78, 5) is 22.1. The molecule has 1 heterocycles. The molecule has 0 aromatic rings. The minimum absolute atomic E-state index is 0.0598. The number of hydrogen-bond donors (Lipinski definition) is 1. The highest BCUT2D eigenvalue weighted by atomic mass is 32.2. The Bertz CT molecular complexity index is 237. The molecule has 1 unspecified atom stereocenters. The van der Waals surface area contributed by atoms with E-state index in [0.29, 0.717) is 5.57 Å². The van der Waals surface area contributed by atoms with Crippen LogP contribution in [0.5, 0.6) is 0 Å². The van der Waals surface area contributed by atoms with E-state index in [9.17, 15) is 9.59 Å². The van der Waals surface area contributed by atoms with E-state index >= 15 is 0 Å². The molecule has 1 amide bonds. The van der Waals surface area contributed by atoms with E-state index < -0.39 is 0 Å². The third kappa shape index (κ3) is 2.11. The van der Waals surface area contributed by atoms with E-state index in [1.807, 2.05) is 0 Å². The molecular formula is C8H11NO2S. The standard InChI is InChI=1S/C8H11NO2S/c1-5(2)7(10)9-6-3-4-12-8(6)11/h6H,1,3-4H2,2H3,(H,9,10). The predicted molar refractivity (Wildman–Crippen MR) is 48.8 cm³/mol. The zero-order valence-electron chi connectivity index (χ0n) is 6.92. The Hall–Kier alpha value is -0.770. The van der Waals surface area contributed by atoms with Gasteiger partial charge in [0.2, 0.25) is 11.0 Å². The Morgan fingerprint density at radius 2 is 2.42 bits per heavy atom. The molecule has 0 radical (unpaired) electrons. The van der Waals surface area contributed by atoms with Gasteiger partial charge in [-0.3, -0.25) is 9.59 Å². The van der Waals surface area contributed by atoms with Crippen LogP contribution < -0.4 is 5.32 Å². The molecular weight excluding hydrogens is 174 g/mol. The van der Waals surface area contributed by atoms with Gasteiger partial charge in [-0.1, -0.05) is 18.3 Å². The molecule has 1 N–H and O–H groups in total. The van der Waals surface area contributed by atoms with Crippen LogP contribution in [0.3, 0.4) is 0 Å². The monoisotopic (exact) mass is 185 g/mol. The van der Waals surface area contributed by atoms with E-state index in [1.54, 1.807) is 6.92 Å². The second-order valence-electron chi connectivity index (χ2n) is 2.76. The van der Waals surface area contributed by atoms with Crippen molar-refractivity contribution < 1.29 is 9.59 Å². The normalized spacial score (nSPS) is 22.4. The van der Waals surface area contributed by atoms with Gasteiger partial charge in [-0.15, -0.1) is 0 Å². The van der Waals surface area contributed by atoms with E-state index in [0.717, 1.165) is 12.2 Å². The second kappa shape index (κ2) is 3.76. The molecule has 0 aromatic heterocycles. The third-order valence-corrected chi connectivity index (χ3v) is 2.64. The maximum atomic E-state index is 11.1. The Balaban J connectivity index is 2.46. The molecule has 0 spiro atoms. The molecule has 4 heteroatoms. The molecule has 1 rings (SSSR count). The highest BCUT2D eigenvalue weighted by Crippen LogP contribution is 2.19. The summed E-state index contributed by atoms with van der Waals surface area (Å²) in [5.74, 6) is 0.579. The van der Waals surface area contributed by atoms with Gasteiger partial charge in [0.1, 0.15) is 0 Å². The van der Waals surface area contributed by atoms with Crippen LogP contribution in [0.15, 0.2) is 12.2 Å². The summed E-state index contributed by atoms with van der Waals surface area (Å²) in [5.41, 5.74) is 0.444. The average molecular weight is 185 g/mol. The lowest BCUT2D eigenvalue weighted by molar-refractivity contribution is -0.121. The highest BCUT2D eigenvalue weighted by molar-refractivity contribution is 8.14. The minimum Gasteiger partial charge on any atom is -0.342 e. The second-order valence-corrected chi connectivity index (χ2v) is 3.86. The SMILES string of the molecule is C=C(C)C(=O)NC1CCSC1=O. The molecule has 1 saturated heterocycles. The smallest absolute Gasteiger partial charge is 0.246 e. The maximum absolute atomic E-state index is 11.1. The topological polar surface area (TPSA) is 46.2 Å². The molecule has 3 nitrogen and oxygen atoms in total. The fraction of sp³-hybridized carbons (Fsp3) is 0.500. The van der Waals surface area contributed by atoms with Crippen molar-refractivity contribution in [1.29, 1.82) is 0 Å². The molecule has 1 fully saturated rings. The summed E-state index contributed by atoms with van der Waals surface area (Å²) in [6.07, 6.45) is 0.739. The number of amides is 1. The molecule has 1 atom stereocenters. The predicted octanol–water partition coefficient (Wildman–Crippen LogP) is 0.711. The Morgan fingerprint density at radius 1 is 1.75 bits per heavy atom. The van der Waals surface area contributed by atoms with Crippen LogP contribution in [0.2, 0.25) is 0 Å². The molecule has 1 aliphatic heterocycles. The van der Waals surface area contributed by atoms with Crippen molar-refractivity contribution in [3.05, 3.63) is 12.2 Å². The van der Waals surface area contributed by atoms with Gasteiger partial charge in [0.15, 0.2) is 0 Å². The van der Waals surface area contributed by atoms with Crippen LogP contribution in [0.4, 0.5) is 0 Å².